The van der Waals surface area contributed by atoms with Crippen LogP contribution >= 0.6 is 12.4 Å². The fraction of sp³-hybridized carbons (Fsp3) is 0.300. The predicted molar refractivity (Wildman–Crippen MR) is 106 cm³/mol. The zero-order valence-corrected chi connectivity index (χ0v) is 15.3. The first-order valence-corrected chi connectivity index (χ1v) is 8.84. The maximum Gasteiger partial charge on any atom is 0.237 e. The van der Waals surface area contributed by atoms with E-state index < -0.39 is 0 Å². The molecule has 1 aliphatic rings. The topological polar surface area (TPSA) is 59.0 Å². The van der Waals surface area contributed by atoms with Gasteiger partial charge in [0.2, 0.25) is 5.91 Å². The van der Waals surface area contributed by atoms with Gasteiger partial charge in [0.15, 0.2) is 0 Å². The van der Waals surface area contributed by atoms with Gasteiger partial charge in [-0.25, -0.2) is 4.98 Å². The van der Waals surface area contributed by atoms with E-state index in [2.05, 4.69) is 50.5 Å². The number of nitrogens with zero attached hydrogens (tertiary/aromatic N) is 2. The van der Waals surface area contributed by atoms with Crippen molar-refractivity contribution in [1.82, 2.24) is 20.2 Å². The summed E-state index contributed by atoms with van der Waals surface area (Å²) in [5.41, 5.74) is 4.24. The Morgan fingerprint density at radius 3 is 2.73 bits per heavy atom. The number of imidazole rings is 1. The summed E-state index contributed by atoms with van der Waals surface area (Å²) in [6.45, 7) is 1.49. The van der Waals surface area contributed by atoms with Gasteiger partial charge in [0.25, 0.3) is 0 Å². The molecule has 4 rings (SSSR count). The lowest BCUT2D eigenvalue weighted by Gasteiger charge is -2.22. The van der Waals surface area contributed by atoms with E-state index in [9.17, 15) is 4.79 Å². The molecule has 1 fully saturated rings. The largest absolute Gasteiger partial charge is 0.351 e. The van der Waals surface area contributed by atoms with Crippen molar-refractivity contribution in [2.24, 2.45) is 0 Å². The second-order valence-electron chi connectivity index (χ2n) is 6.49. The molecule has 1 aliphatic heterocycles. The van der Waals surface area contributed by atoms with E-state index in [4.69, 9.17) is 0 Å². The number of para-hydroxylation sites is 2. The lowest BCUT2D eigenvalue weighted by Crippen LogP contribution is -2.46. The number of hydrogen-bond donors (Lipinski definition) is 2. The Balaban J connectivity index is 0.00000196. The molecule has 1 saturated heterocycles. The van der Waals surface area contributed by atoms with Crippen molar-refractivity contribution in [3.63, 3.8) is 0 Å². The monoisotopic (exact) mass is 370 g/mol. The number of benzene rings is 2. The summed E-state index contributed by atoms with van der Waals surface area (Å²) < 4.78 is 2.07. The molecule has 136 valence electrons. The SMILES string of the molecule is Cl.O=C(NCc1ccc(-n2cnc3ccccc32)cc1)C1CCCCN1. The molecule has 0 aliphatic carbocycles. The summed E-state index contributed by atoms with van der Waals surface area (Å²) in [5.74, 6) is 0.101. The van der Waals surface area contributed by atoms with Crippen LogP contribution in [0, 0.1) is 0 Å². The van der Waals surface area contributed by atoms with Crippen molar-refractivity contribution < 1.29 is 4.79 Å². The highest BCUT2D eigenvalue weighted by Gasteiger charge is 2.19. The molecular weight excluding hydrogens is 348 g/mol. The Hall–Kier alpha value is -2.37. The van der Waals surface area contributed by atoms with Gasteiger partial charge in [0, 0.05) is 12.2 Å². The highest BCUT2D eigenvalue weighted by atomic mass is 35.5. The number of halogens is 1. The second-order valence-corrected chi connectivity index (χ2v) is 6.49. The molecule has 1 atom stereocenters. The van der Waals surface area contributed by atoms with Crippen LogP contribution in [0.15, 0.2) is 54.9 Å². The maximum atomic E-state index is 12.2. The van der Waals surface area contributed by atoms with Crippen LogP contribution in [0.2, 0.25) is 0 Å². The molecule has 0 saturated carbocycles. The summed E-state index contributed by atoms with van der Waals surface area (Å²) in [5, 5.41) is 6.31. The summed E-state index contributed by atoms with van der Waals surface area (Å²) in [7, 11) is 0. The van der Waals surface area contributed by atoms with Gasteiger partial charge in [-0.2, -0.15) is 0 Å². The van der Waals surface area contributed by atoms with Gasteiger partial charge in [0.05, 0.1) is 17.1 Å². The quantitative estimate of drug-likeness (QED) is 0.741. The first-order chi connectivity index (χ1) is 12.3. The average molecular weight is 371 g/mol. The highest BCUT2D eigenvalue weighted by Crippen LogP contribution is 2.18. The Kier molecular flexibility index (Phi) is 5.91. The number of piperidine rings is 1. The van der Waals surface area contributed by atoms with Crippen molar-refractivity contribution >= 4 is 29.3 Å². The van der Waals surface area contributed by atoms with E-state index in [-0.39, 0.29) is 24.4 Å². The van der Waals surface area contributed by atoms with Crippen LogP contribution in [0.4, 0.5) is 0 Å². The molecule has 0 radical (unpaired) electrons. The fourth-order valence-corrected chi connectivity index (χ4v) is 3.33. The molecule has 2 aromatic carbocycles. The Labute approximate surface area is 159 Å². The molecule has 6 heteroatoms. The first-order valence-electron chi connectivity index (χ1n) is 8.84. The van der Waals surface area contributed by atoms with Gasteiger partial charge in [0.1, 0.15) is 6.33 Å². The third-order valence-corrected chi connectivity index (χ3v) is 4.76. The number of rotatable bonds is 4. The number of carbonyl (C=O) groups is 1. The van der Waals surface area contributed by atoms with Crippen molar-refractivity contribution in [3.05, 3.63) is 60.4 Å². The van der Waals surface area contributed by atoms with E-state index in [1.54, 1.807) is 0 Å². The van der Waals surface area contributed by atoms with E-state index >= 15 is 0 Å². The van der Waals surface area contributed by atoms with E-state index in [1.807, 2.05) is 24.5 Å². The number of hydrogen-bond acceptors (Lipinski definition) is 3. The number of amides is 1. The second kappa shape index (κ2) is 8.34. The smallest absolute Gasteiger partial charge is 0.237 e. The molecule has 0 bridgehead atoms. The third kappa shape index (κ3) is 3.89. The third-order valence-electron chi connectivity index (χ3n) is 4.76. The lowest BCUT2D eigenvalue weighted by molar-refractivity contribution is -0.123. The molecule has 3 aromatic rings. The minimum Gasteiger partial charge on any atom is -0.351 e. The van der Waals surface area contributed by atoms with Gasteiger partial charge in [-0.3, -0.25) is 9.36 Å². The molecule has 5 nitrogen and oxygen atoms in total. The van der Waals surface area contributed by atoms with Gasteiger partial charge in [-0.15, -0.1) is 12.4 Å². The zero-order valence-electron chi connectivity index (χ0n) is 14.5. The van der Waals surface area contributed by atoms with Gasteiger partial charge >= 0.3 is 0 Å². The van der Waals surface area contributed by atoms with E-state index in [1.165, 1.54) is 0 Å². The zero-order chi connectivity index (χ0) is 17.1. The van der Waals surface area contributed by atoms with Crippen LogP contribution in [0.5, 0.6) is 0 Å². The van der Waals surface area contributed by atoms with Crippen LogP contribution in [-0.2, 0) is 11.3 Å². The lowest BCUT2D eigenvalue weighted by atomic mass is 10.0. The molecule has 1 unspecified atom stereocenters. The van der Waals surface area contributed by atoms with Crippen molar-refractivity contribution in [2.75, 3.05) is 6.54 Å². The average Bonchev–Trinajstić information content (AvgIpc) is 3.11. The normalized spacial score (nSPS) is 16.8. The van der Waals surface area contributed by atoms with Crippen LogP contribution in [0.1, 0.15) is 24.8 Å². The Morgan fingerprint density at radius 2 is 1.96 bits per heavy atom. The van der Waals surface area contributed by atoms with Crippen LogP contribution < -0.4 is 10.6 Å². The number of fused-ring (bicyclic) bond motifs is 1. The fourth-order valence-electron chi connectivity index (χ4n) is 3.33. The maximum absolute atomic E-state index is 12.2. The summed E-state index contributed by atoms with van der Waals surface area (Å²) >= 11 is 0. The molecular formula is C20H23ClN4O. The Morgan fingerprint density at radius 1 is 1.15 bits per heavy atom. The molecule has 2 heterocycles. The predicted octanol–water partition coefficient (Wildman–Crippen LogP) is 3.21. The summed E-state index contributed by atoms with van der Waals surface area (Å²) in [6.07, 6.45) is 5.06. The molecule has 1 aromatic heterocycles. The van der Waals surface area contributed by atoms with Crippen molar-refractivity contribution in [1.29, 1.82) is 0 Å². The van der Waals surface area contributed by atoms with Crippen LogP contribution in [-0.4, -0.2) is 28.0 Å². The molecule has 1 amide bonds. The minimum absolute atomic E-state index is 0. The van der Waals surface area contributed by atoms with E-state index in [0.29, 0.717) is 6.54 Å². The number of carbonyl (C=O) groups excluding carboxylic acids is 1. The minimum atomic E-state index is -0.0367. The van der Waals surface area contributed by atoms with E-state index in [0.717, 1.165) is 48.1 Å². The molecule has 26 heavy (non-hydrogen) atoms. The molecule has 0 spiro atoms. The highest BCUT2D eigenvalue weighted by molar-refractivity contribution is 5.85. The first kappa shape index (κ1) is 18.4. The summed E-state index contributed by atoms with van der Waals surface area (Å²) in [4.78, 5) is 16.6. The van der Waals surface area contributed by atoms with Gasteiger partial charge < -0.3 is 10.6 Å². The van der Waals surface area contributed by atoms with Gasteiger partial charge in [-0.1, -0.05) is 30.7 Å². The van der Waals surface area contributed by atoms with Crippen LogP contribution in [0.3, 0.4) is 0 Å². The number of nitrogens with one attached hydrogen (secondary N) is 2. The Bertz CT molecular complexity index is 869. The van der Waals surface area contributed by atoms with Crippen molar-refractivity contribution in [2.45, 2.75) is 31.8 Å². The van der Waals surface area contributed by atoms with Gasteiger partial charge in [-0.05, 0) is 49.2 Å². The number of aromatic nitrogens is 2. The van der Waals surface area contributed by atoms with Crippen molar-refractivity contribution in [3.8, 4) is 5.69 Å². The standard InChI is InChI=1S/C20H22N4O.ClH/c25-20(18-6-3-4-12-21-18)22-13-15-8-10-16(11-9-15)24-14-23-17-5-1-2-7-19(17)24;/h1-2,5,7-11,14,18,21H,3-4,6,12-13H2,(H,22,25);1H. The van der Waals surface area contributed by atoms with Crippen LogP contribution in [0.25, 0.3) is 16.7 Å². The summed E-state index contributed by atoms with van der Waals surface area (Å²) in [6, 6.07) is 16.3. The molecule has 2 N–H and O–H groups in total.